The van der Waals surface area contributed by atoms with Crippen LogP contribution in [0.3, 0.4) is 0 Å². The van der Waals surface area contributed by atoms with Gasteiger partial charge >= 0.3 is 0 Å². The Morgan fingerprint density at radius 1 is 1.23 bits per heavy atom. The predicted molar refractivity (Wildman–Crippen MR) is 98.6 cm³/mol. The minimum Gasteiger partial charge on any atom is -0.317 e. The monoisotopic (exact) mass is 342 g/mol. The quantitative estimate of drug-likeness (QED) is 0.445. The summed E-state index contributed by atoms with van der Waals surface area (Å²) in [5, 5.41) is 9.81. The van der Waals surface area contributed by atoms with E-state index in [1.54, 1.807) is 16.8 Å². The Hall–Kier alpha value is -3.72. The van der Waals surface area contributed by atoms with Crippen molar-refractivity contribution < 1.29 is 4.57 Å². The Bertz CT molecular complexity index is 1250. The molecule has 0 fully saturated rings. The summed E-state index contributed by atoms with van der Waals surface area (Å²) in [6, 6.07) is 17.0. The summed E-state index contributed by atoms with van der Waals surface area (Å²) in [6.45, 7) is 2.34. The molecule has 6 nitrogen and oxygen atoms in total. The van der Waals surface area contributed by atoms with Crippen LogP contribution >= 0.6 is 0 Å². The number of hydrogen-bond donors (Lipinski definition) is 1. The lowest BCUT2D eigenvalue weighted by atomic mass is 10.1. The van der Waals surface area contributed by atoms with Gasteiger partial charge in [0.05, 0.1) is 6.54 Å². The number of rotatable bonds is 2. The van der Waals surface area contributed by atoms with Crippen molar-refractivity contribution in [1.82, 2.24) is 9.38 Å². The van der Waals surface area contributed by atoms with Gasteiger partial charge in [-0.15, -0.1) is 0 Å². The van der Waals surface area contributed by atoms with E-state index < -0.39 is 0 Å². The van der Waals surface area contributed by atoms with Crippen LogP contribution in [0.1, 0.15) is 16.7 Å². The van der Waals surface area contributed by atoms with Gasteiger partial charge in [0, 0.05) is 6.20 Å². The Balaban J connectivity index is 2.10. The molecule has 1 aromatic carbocycles. The van der Waals surface area contributed by atoms with Crippen LogP contribution in [0.15, 0.2) is 59.5 Å². The summed E-state index contributed by atoms with van der Waals surface area (Å²) < 4.78 is 3.23. The molecule has 0 spiro atoms. The second-order valence-electron chi connectivity index (χ2n) is 6.22. The molecule has 0 unspecified atom stereocenters. The summed E-state index contributed by atoms with van der Waals surface area (Å²) in [5.41, 5.74) is 9.24. The summed E-state index contributed by atoms with van der Waals surface area (Å²) in [7, 11) is 0. The first-order valence-corrected chi connectivity index (χ1v) is 8.17. The standard InChI is InChI=1S/C20H15N5O/c1-13-7-8-17-23-19-16(20(26)24(17)11-13)9-15(10-21)18(22)25(19)12-14-5-3-2-4-6-14/h2-9,11,22H,12H2,1H3/p+1. The van der Waals surface area contributed by atoms with E-state index in [0.29, 0.717) is 29.0 Å². The van der Waals surface area contributed by atoms with Gasteiger partial charge in [-0.2, -0.15) is 5.26 Å². The van der Waals surface area contributed by atoms with Crippen LogP contribution in [0.4, 0.5) is 5.82 Å². The van der Waals surface area contributed by atoms with Gasteiger partial charge < -0.3 is 5.73 Å². The number of pyridine rings is 2. The van der Waals surface area contributed by atoms with Gasteiger partial charge in [0.2, 0.25) is 11.5 Å². The number of nitrogens with zero attached hydrogens (tertiary/aromatic N) is 4. The van der Waals surface area contributed by atoms with Gasteiger partial charge in [-0.1, -0.05) is 41.4 Å². The summed E-state index contributed by atoms with van der Waals surface area (Å²) in [4.78, 5) is 17.6. The highest BCUT2D eigenvalue weighted by Crippen LogP contribution is 2.15. The van der Waals surface area contributed by atoms with E-state index >= 15 is 0 Å². The number of fused-ring (bicyclic) bond motifs is 2. The van der Waals surface area contributed by atoms with Crippen molar-refractivity contribution in [3.05, 3.63) is 81.8 Å². The van der Waals surface area contributed by atoms with E-state index in [4.69, 9.17) is 5.73 Å². The summed E-state index contributed by atoms with van der Waals surface area (Å²) in [6.07, 6.45) is 1.74. The van der Waals surface area contributed by atoms with Crippen LogP contribution in [0.2, 0.25) is 0 Å². The predicted octanol–water partition coefficient (Wildman–Crippen LogP) is 1.95. The zero-order valence-electron chi connectivity index (χ0n) is 14.2. The first-order valence-electron chi connectivity index (χ1n) is 8.17. The Morgan fingerprint density at radius 3 is 2.73 bits per heavy atom. The molecule has 126 valence electrons. The maximum atomic E-state index is 13.0. The van der Waals surface area contributed by atoms with Crippen molar-refractivity contribution in [2.45, 2.75) is 13.5 Å². The summed E-state index contributed by atoms with van der Waals surface area (Å²) >= 11 is 0. The lowest BCUT2D eigenvalue weighted by molar-refractivity contribution is -0.649. The molecule has 2 N–H and O–H groups in total. The van der Waals surface area contributed by atoms with Crippen molar-refractivity contribution >= 4 is 22.5 Å². The first kappa shape index (κ1) is 15.8. The fraction of sp³-hybridized carbons (Fsp3) is 0.100. The van der Waals surface area contributed by atoms with Crippen LogP contribution < -0.4 is 15.9 Å². The van der Waals surface area contributed by atoms with Crippen LogP contribution in [-0.4, -0.2) is 9.38 Å². The number of nitrogen functional groups attached to an aromatic ring is 1. The third-order valence-corrected chi connectivity index (χ3v) is 4.40. The Labute approximate surface area is 149 Å². The van der Waals surface area contributed by atoms with E-state index in [1.165, 1.54) is 10.5 Å². The molecule has 3 heterocycles. The van der Waals surface area contributed by atoms with Crippen molar-refractivity contribution in [1.29, 1.82) is 5.26 Å². The average molecular weight is 342 g/mol. The number of benzene rings is 1. The van der Waals surface area contributed by atoms with E-state index in [2.05, 4.69) is 11.1 Å². The highest BCUT2D eigenvalue weighted by atomic mass is 16.1. The van der Waals surface area contributed by atoms with Crippen LogP contribution in [-0.2, 0) is 6.54 Å². The molecule has 26 heavy (non-hydrogen) atoms. The second kappa shape index (κ2) is 5.97. The molecule has 0 saturated carbocycles. The molecule has 3 aromatic heterocycles. The fourth-order valence-corrected chi connectivity index (χ4v) is 3.07. The zero-order chi connectivity index (χ0) is 18.3. The number of aromatic nitrogens is 3. The molecule has 0 amide bonds. The van der Waals surface area contributed by atoms with E-state index in [-0.39, 0.29) is 11.1 Å². The van der Waals surface area contributed by atoms with E-state index in [1.807, 2.05) is 43.3 Å². The highest BCUT2D eigenvalue weighted by Gasteiger charge is 2.21. The molecule has 6 heteroatoms. The van der Waals surface area contributed by atoms with Crippen LogP contribution in [0, 0.1) is 18.3 Å². The van der Waals surface area contributed by atoms with Gasteiger partial charge in [0.15, 0.2) is 0 Å². The maximum absolute atomic E-state index is 13.0. The van der Waals surface area contributed by atoms with Gasteiger partial charge in [-0.25, -0.2) is 4.57 Å². The van der Waals surface area contributed by atoms with Crippen molar-refractivity contribution in [3.8, 4) is 6.07 Å². The highest BCUT2D eigenvalue weighted by molar-refractivity contribution is 5.76. The smallest absolute Gasteiger partial charge is 0.278 e. The number of anilines is 1. The average Bonchev–Trinajstić information content (AvgIpc) is 2.66. The SMILES string of the molecule is Cc1ccc2nc3c(cc(C#N)c(N)[n+]3Cc3ccccc3)c(=O)n2c1. The fourth-order valence-electron chi connectivity index (χ4n) is 3.07. The number of hydrogen-bond acceptors (Lipinski definition) is 4. The third kappa shape index (κ3) is 2.47. The second-order valence-corrected chi connectivity index (χ2v) is 6.22. The lowest BCUT2D eigenvalue weighted by Crippen LogP contribution is -2.41. The summed E-state index contributed by atoms with van der Waals surface area (Å²) in [5.74, 6) is 0.298. The molecular formula is C20H16N5O+. The number of nitriles is 1. The van der Waals surface area contributed by atoms with Gasteiger partial charge in [0.25, 0.3) is 11.2 Å². The minimum atomic E-state index is -0.216. The van der Waals surface area contributed by atoms with E-state index in [0.717, 1.165) is 11.1 Å². The Morgan fingerprint density at radius 2 is 2.00 bits per heavy atom. The molecule has 0 atom stereocenters. The molecule has 0 aliphatic rings. The topological polar surface area (TPSA) is 88.1 Å². The maximum Gasteiger partial charge on any atom is 0.278 e. The van der Waals surface area contributed by atoms with Crippen molar-refractivity contribution in [2.24, 2.45) is 0 Å². The Kier molecular flexibility index (Phi) is 3.63. The molecule has 4 aromatic rings. The molecule has 0 bridgehead atoms. The minimum absolute atomic E-state index is 0.216. The third-order valence-electron chi connectivity index (χ3n) is 4.40. The lowest BCUT2D eigenvalue weighted by Gasteiger charge is -2.10. The van der Waals surface area contributed by atoms with Gasteiger partial charge in [-0.05, 0) is 30.2 Å². The largest absolute Gasteiger partial charge is 0.317 e. The van der Waals surface area contributed by atoms with Crippen molar-refractivity contribution in [2.75, 3.05) is 5.73 Å². The van der Waals surface area contributed by atoms with Crippen LogP contribution in [0.5, 0.6) is 0 Å². The molecule has 0 aliphatic carbocycles. The van der Waals surface area contributed by atoms with Gasteiger partial charge in [-0.3, -0.25) is 9.20 Å². The number of aryl methyl sites for hydroxylation is 1. The molecule has 0 aliphatic heterocycles. The molecule has 4 rings (SSSR count). The van der Waals surface area contributed by atoms with Gasteiger partial charge in [0.1, 0.15) is 17.0 Å². The normalized spacial score (nSPS) is 10.9. The number of nitrogens with two attached hydrogens (primary N) is 1. The van der Waals surface area contributed by atoms with E-state index in [9.17, 15) is 10.1 Å². The van der Waals surface area contributed by atoms with Crippen molar-refractivity contribution in [3.63, 3.8) is 0 Å². The molecular weight excluding hydrogens is 326 g/mol. The first-order chi connectivity index (χ1) is 12.6. The molecule has 0 saturated heterocycles. The zero-order valence-corrected chi connectivity index (χ0v) is 14.2. The molecule has 0 radical (unpaired) electrons. The van der Waals surface area contributed by atoms with Crippen LogP contribution in [0.25, 0.3) is 16.7 Å².